The van der Waals surface area contributed by atoms with E-state index < -0.39 is 10.8 Å². The second-order valence-corrected chi connectivity index (χ2v) is 6.98. The molecule has 122 valence electrons. The molecule has 0 spiro atoms. The number of aromatic nitrogens is 1. The van der Waals surface area contributed by atoms with Crippen LogP contribution in [0.5, 0.6) is 0 Å². The Morgan fingerprint density at radius 2 is 1.68 bits per heavy atom. The van der Waals surface area contributed by atoms with E-state index in [1.54, 1.807) is 12.3 Å². The van der Waals surface area contributed by atoms with Crippen molar-refractivity contribution >= 4 is 17.6 Å². The Morgan fingerprint density at radius 3 is 2.18 bits per heavy atom. The molecular formula is C17H27N3O2. The summed E-state index contributed by atoms with van der Waals surface area (Å²) in [5.74, 6) is 0.352. The largest absolute Gasteiger partial charge is 0.356 e. The number of aryl methyl sites for hydroxylation is 1. The number of nitrogens with zero attached hydrogens (tertiary/aromatic N) is 1. The Morgan fingerprint density at radius 1 is 1.09 bits per heavy atom. The summed E-state index contributed by atoms with van der Waals surface area (Å²) in [6, 6.07) is 3.67. The third-order valence-corrected chi connectivity index (χ3v) is 3.60. The van der Waals surface area contributed by atoms with E-state index in [9.17, 15) is 9.59 Å². The van der Waals surface area contributed by atoms with Crippen LogP contribution in [0.4, 0.5) is 5.82 Å². The Balaban J connectivity index is 2.77. The monoisotopic (exact) mass is 305 g/mol. The molecule has 0 aliphatic carbocycles. The molecule has 2 amide bonds. The van der Waals surface area contributed by atoms with Crippen molar-refractivity contribution in [3.05, 3.63) is 23.9 Å². The van der Waals surface area contributed by atoms with Gasteiger partial charge in [-0.3, -0.25) is 9.59 Å². The number of nitrogens with one attached hydrogen (secondary N) is 2. The van der Waals surface area contributed by atoms with Crippen LogP contribution in [0.25, 0.3) is 0 Å². The Labute approximate surface area is 132 Å². The van der Waals surface area contributed by atoms with Gasteiger partial charge in [0.1, 0.15) is 5.82 Å². The van der Waals surface area contributed by atoms with Gasteiger partial charge in [0.2, 0.25) is 11.8 Å². The summed E-state index contributed by atoms with van der Waals surface area (Å²) in [6.45, 7) is 11.8. The maximum Gasteiger partial charge on any atom is 0.231 e. The Hall–Kier alpha value is -1.91. The zero-order chi connectivity index (χ0) is 17.0. The third kappa shape index (κ3) is 4.83. The van der Waals surface area contributed by atoms with Crippen LogP contribution in [-0.2, 0) is 9.59 Å². The van der Waals surface area contributed by atoms with Crippen molar-refractivity contribution in [2.45, 2.75) is 48.0 Å². The molecule has 0 aliphatic heterocycles. The smallest absolute Gasteiger partial charge is 0.231 e. The summed E-state index contributed by atoms with van der Waals surface area (Å²) < 4.78 is 0. The highest BCUT2D eigenvalue weighted by Crippen LogP contribution is 2.34. The molecule has 0 aliphatic rings. The molecule has 22 heavy (non-hydrogen) atoms. The molecule has 0 radical (unpaired) electrons. The first kappa shape index (κ1) is 18.1. The number of hydrogen-bond donors (Lipinski definition) is 2. The van der Waals surface area contributed by atoms with Crippen LogP contribution < -0.4 is 10.6 Å². The second-order valence-electron chi connectivity index (χ2n) is 6.98. The molecule has 0 atom stereocenters. The van der Waals surface area contributed by atoms with Gasteiger partial charge in [-0.1, -0.05) is 33.8 Å². The molecule has 5 heteroatoms. The highest BCUT2D eigenvalue weighted by molar-refractivity contribution is 5.94. The quantitative estimate of drug-likeness (QED) is 0.849. The fourth-order valence-corrected chi connectivity index (χ4v) is 2.49. The second kappa shape index (κ2) is 6.90. The van der Waals surface area contributed by atoms with Crippen molar-refractivity contribution in [1.29, 1.82) is 0 Å². The molecule has 1 aromatic rings. The summed E-state index contributed by atoms with van der Waals surface area (Å²) in [7, 11) is 0. The highest BCUT2D eigenvalue weighted by atomic mass is 16.2. The number of anilines is 1. The van der Waals surface area contributed by atoms with Crippen molar-refractivity contribution in [3.8, 4) is 0 Å². The van der Waals surface area contributed by atoms with Gasteiger partial charge in [0, 0.05) is 23.6 Å². The van der Waals surface area contributed by atoms with Crippen LogP contribution in [0.15, 0.2) is 18.3 Å². The number of pyridine rings is 1. The molecule has 2 N–H and O–H groups in total. The van der Waals surface area contributed by atoms with Gasteiger partial charge in [0.05, 0.1) is 0 Å². The van der Waals surface area contributed by atoms with Crippen LogP contribution in [0.1, 0.15) is 46.6 Å². The fourth-order valence-electron chi connectivity index (χ4n) is 2.49. The normalized spacial score (nSPS) is 11.9. The lowest BCUT2D eigenvalue weighted by atomic mass is 9.74. The summed E-state index contributed by atoms with van der Waals surface area (Å²) in [6.07, 6.45) is 2.16. The number of carbonyl (C=O) groups excluding carboxylic acids is 2. The first-order valence-corrected chi connectivity index (χ1v) is 7.61. The molecule has 0 fully saturated rings. The lowest BCUT2D eigenvalue weighted by Crippen LogP contribution is -2.43. The van der Waals surface area contributed by atoms with Gasteiger partial charge >= 0.3 is 0 Å². The summed E-state index contributed by atoms with van der Waals surface area (Å²) in [4.78, 5) is 28.8. The average Bonchev–Trinajstić information content (AvgIpc) is 2.40. The van der Waals surface area contributed by atoms with Crippen molar-refractivity contribution < 1.29 is 9.59 Å². The molecule has 1 aromatic heterocycles. The van der Waals surface area contributed by atoms with E-state index in [2.05, 4.69) is 15.6 Å². The molecule has 1 rings (SSSR count). The van der Waals surface area contributed by atoms with Gasteiger partial charge in [0.15, 0.2) is 0 Å². The third-order valence-electron chi connectivity index (χ3n) is 3.60. The van der Waals surface area contributed by atoms with Crippen LogP contribution in [-0.4, -0.2) is 23.3 Å². The van der Waals surface area contributed by atoms with E-state index in [0.29, 0.717) is 18.8 Å². The predicted molar refractivity (Wildman–Crippen MR) is 88.5 cm³/mol. The number of rotatable bonds is 6. The minimum atomic E-state index is -0.679. The Bertz CT molecular complexity index is 533. The average molecular weight is 305 g/mol. The van der Waals surface area contributed by atoms with E-state index in [1.807, 2.05) is 47.6 Å². The lowest BCUT2D eigenvalue weighted by molar-refractivity contribution is -0.133. The van der Waals surface area contributed by atoms with Crippen LogP contribution in [0, 0.1) is 17.8 Å². The highest BCUT2D eigenvalue weighted by Gasteiger charge is 2.38. The summed E-state index contributed by atoms with van der Waals surface area (Å²) >= 11 is 0. The summed E-state index contributed by atoms with van der Waals surface area (Å²) in [5, 5.41) is 5.64. The fraction of sp³-hybridized carbons (Fsp3) is 0.588. The van der Waals surface area contributed by atoms with Crippen LogP contribution in [0.3, 0.4) is 0 Å². The standard InChI is InChI=1S/C17H27N3O2/c1-7-18-14(21)16(3,4)11-17(5,6)15(22)20-13-9-8-12(2)10-19-13/h8-10H,7,11H2,1-6H3,(H,18,21)(H,19,20,22). The zero-order valence-corrected chi connectivity index (χ0v) is 14.4. The first-order valence-electron chi connectivity index (χ1n) is 7.61. The molecule has 5 nitrogen and oxygen atoms in total. The molecule has 1 heterocycles. The zero-order valence-electron chi connectivity index (χ0n) is 14.4. The van der Waals surface area contributed by atoms with E-state index in [4.69, 9.17) is 0 Å². The van der Waals surface area contributed by atoms with Crippen molar-refractivity contribution in [2.75, 3.05) is 11.9 Å². The SMILES string of the molecule is CCNC(=O)C(C)(C)CC(C)(C)C(=O)Nc1ccc(C)cn1. The van der Waals surface area contributed by atoms with E-state index >= 15 is 0 Å². The molecule has 0 unspecified atom stereocenters. The van der Waals surface area contributed by atoms with Gasteiger partial charge in [-0.15, -0.1) is 0 Å². The van der Waals surface area contributed by atoms with E-state index in [0.717, 1.165) is 5.56 Å². The lowest BCUT2D eigenvalue weighted by Gasteiger charge is -2.32. The van der Waals surface area contributed by atoms with Crippen LogP contribution in [0.2, 0.25) is 0 Å². The van der Waals surface area contributed by atoms with Crippen LogP contribution >= 0.6 is 0 Å². The van der Waals surface area contributed by atoms with Gasteiger partial charge in [-0.25, -0.2) is 4.98 Å². The molecule has 0 bridgehead atoms. The maximum atomic E-state index is 12.5. The van der Waals surface area contributed by atoms with Gasteiger partial charge in [-0.05, 0) is 31.9 Å². The number of amides is 2. The minimum absolute atomic E-state index is 0.0377. The van der Waals surface area contributed by atoms with Crippen molar-refractivity contribution in [3.63, 3.8) is 0 Å². The van der Waals surface area contributed by atoms with E-state index in [1.165, 1.54) is 0 Å². The van der Waals surface area contributed by atoms with Gasteiger partial charge in [-0.2, -0.15) is 0 Å². The molecular weight excluding hydrogens is 278 g/mol. The predicted octanol–water partition coefficient (Wildman–Crippen LogP) is 2.91. The molecule has 0 saturated heterocycles. The first-order chi connectivity index (χ1) is 10.1. The molecule has 0 aromatic carbocycles. The summed E-state index contributed by atoms with van der Waals surface area (Å²) in [5.41, 5.74) is -0.256. The van der Waals surface area contributed by atoms with Crippen molar-refractivity contribution in [2.24, 2.45) is 10.8 Å². The maximum absolute atomic E-state index is 12.5. The topological polar surface area (TPSA) is 71.1 Å². The van der Waals surface area contributed by atoms with Gasteiger partial charge < -0.3 is 10.6 Å². The molecule has 0 saturated carbocycles. The van der Waals surface area contributed by atoms with Gasteiger partial charge in [0.25, 0.3) is 0 Å². The number of hydrogen-bond acceptors (Lipinski definition) is 3. The van der Waals surface area contributed by atoms with E-state index in [-0.39, 0.29) is 11.8 Å². The van der Waals surface area contributed by atoms with Crippen molar-refractivity contribution in [1.82, 2.24) is 10.3 Å². The minimum Gasteiger partial charge on any atom is -0.356 e. The number of carbonyl (C=O) groups is 2. The Kier molecular flexibility index (Phi) is 5.69.